The summed E-state index contributed by atoms with van der Waals surface area (Å²) in [5, 5.41) is 10.2. The van der Waals surface area contributed by atoms with Crippen molar-refractivity contribution in [1.29, 1.82) is 0 Å². The maximum atomic E-state index is 10.2. The Morgan fingerprint density at radius 1 is 1.38 bits per heavy atom. The Bertz CT molecular complexity index is 144. The third kappa shape index (κ3) is 2.93. The van der Waals surface area contributed by atoms with Crippen LogP contribution in [-0.2, 0) is 4.74 Å². The molecule has 3 heteroatoms. The van der Waals surface area contributed by atoms with E-state index in [2.05, 4.69) is 0 Å². The van der Waals surface area contributed by atoms with Gasteiger partial charge in [0.05, 0.1) is 18.2 Å². The van der Waals surface area contributed by atoms with Crippen molar-refractivity contribution >= 4 is 0 Å². The highest BCUT2D eigenvalue weighted by Gasteiger charge is 2.35. The van der Waals surface area contributed by atoms with Crippen molar-refractivity contribution in [2.45, 2.75) is 50.7 Å². The predicted molar refractivity (Wildman–Crippen MR) is 52.5 cm³/mol. The van der Waals surface area contributed by atoms with Crippen LogP contribution < -0.4 is 5.73 Å². The van der Waals surface area contributed by atoms with Gasteiger partial charge in [-0.05, 0) is 19.8 Å². The fourth-order valence-electron chi connectivity index (χ4n) is 1.93. The van der Waals surface area contributed by atoms with Gasteiger partial charge in [0.25, 0.3) is 0 Å². The Morgan fingerprint density at radius 2 is 2.00 bits per heavy atom. The minimum atomic E-state index is -0.659. The molecule has 1 aliphatic rings. The zero-order valence-corrected chi connectivity index (χ0v) is 8.46. The van der Waals surface area contributed by atoms with Crippen molar-refractivity contribution in [2.75, 3.05) is 13.2 Å². The van der Waals surface area contributed by atoms with Crippen LogP contribution in [0, 0.1) is 0 Å². The summed E-state index contributed by atoms with van der Waals surface area (Å²) in [6.45, 7) is 3.09. The van der Waals surface area contributed by atoms with Crippen molar-refractivity contribution in [3.05, 3.63) is 0 Å². The summed E-state index contributed by atoms with van der Waals surface area (Å²) >= 11 is 0. The smallest absolute Gasteiger partial charge is 0.0820 e. The van der Waals surface area contributed by atoms with Crippen LogP contribution in [-0.4, -0.2) is 30.0 Å². The van der Waals surface area contributed by atoms with E-state index in [0.717, 1.165) is 25.7 Å². The van der Waals surface area contributed by atoms with Crippen LogP contribution in [0.1, 0.15) is 39.0 Å². The largest absolute Gasteiger partial charge is 0.388 e. The standard InChI is InChI=1S/C10H21NO2/c1-2-13-8-9(11)10(12)6-4-3-5-7-10/h9,12H,2-8,11H2,1H3. The summed E-state index contributed by atoms with van der Waals surface area (Å²) in [4.78, 5) is 0. The number of rotatable bonds is 4. The highest BCUT2D eigenvalue weighted by Crippen LogP contribution is 2.30. The van der Waals surface area contributed by atoms with Gasteiger partial charge in [-0.1, -0.05) is 19.3 Å². The van der Waals surface area contributed by atoms with Gasteiger partial charge in [-0.2, -0.15) is 0 Å². The van der Waals surface area contributed by atoms with Crippen molar-refractivity contribution in [1.82, 2.24) is 0 Å². The van der Waals surface area contributed by atoms with Gasteiger partial charge in [-0.25, -0.2) is 0 Å². The van der Waals surface area contributed by atoms with Crippen molar-refractivity contribution in [3.8, 4) is 0 Å². The normalized spacial score (nSPS) is 24.2. The van der Waals surface area contributed by atoms with Gasteiger partial charge < -0.3 is 15.6 Å². The number of hydrogen-bond acceptors (Lipinski definition) is 3. The molecule has 1 rings (SSSR count). The Labute approximate surface area is 80.3 Å². The number of ether oxygens (including phenoxy) is 1. The molecule has 1 saturated carbocycles. The molecule has 3 N–H and O–H groups in total. The molecule has 0 radical (unpaired) electrons. The van der Waals surface area contributed by atoms with Gasteiger partial charge in [0.2, 0.25) is 0 Å². The van der Waals surface area contributed by atoms with Crippen LogP contribution >= 0.6 is 0 Å². The summed E-state index contributed by atoms with van der Waals surface area (Å²) in [7, 11) is 0. The van der Waals surface area contributed by atoms with Gasteiger partial charge in [-0.3, -0.25) is 0 Å². The molecule has 0 aromatic heterocycles. The summed E-state index contributed by atoms with van der Waals surface area (Å²) in [5.74, 6) is 0. The zero-order chi connectivity index (χ0) is 9.73. The topological polar surface area (TPSA) is 55.5 Å². The van der Waals surface area contributed by atoms with Crippen LogP contribution in [0.4, 0.5) is 0 Å². The van der Waals surface area contributed by atoms with E-state index in [1.54, 1.807) is 0 Å². The lowest BCUT2D eigenvalue weighted by atomic mass is 9.80. The first kappa shape index (κ1) is 11.0. The van der Waals surface area contributed by atoms with E-state index < -0.39 is 5.60 Å². The van der Waals surface area contributed by atoms with Crippen LogP contribution in [0.15, 0.2) is 0 Å². The quantitative estimate of drug-likeness (QED) is 0.691. The lowest BCUT2D eigenvalue weighted by Crippen LogP contribution is -2.51. The number of hydrogen-bond donors (Lipinski definition) is 2. The highest BCUT2D eigenvalue weighted by molar-refractivity contribution is 4.91. The first-order chi connectivity index (χ1) is 6.19. The maximum absolute atomic E-state index is 10.2. The number of aliphatic hydroxyl groups is 1. The second-order valence-corrected chi connectivity index (χ2v) is 3.93. The van der Waals surface area contributed by atoms with E-state index in [0.29, 0.717) is 13.2 Å². The molecular weight excluding hydrogens is 166 g/mol. The van der Waals surface area contributed by atoms with Gasteiger partial charge >= 0.3 is 0 Å². The first-order valence-electron chi connectivity index (χ1n) is 5.25. The predicted octanol–water partition coefficient (Wildman–Crippen LogP) is 1.05. The molecule has 0 saturated heterocycles. The van der Waals surface area contributed by atoms with E-state index in [-0.39, 0.29) is 6.04 Å². The van der Waals surface area contributed by atoms with Crippen LogP contribution in [0.3, 0.4) is 0 Å². The molecular formula is C10H21NO2. The average Bonchev–Trinajstić information content (AvgIpc) is 2.15. The molecule has 1 fully saturated rings. The molecule has 1 aliphatic carbocycles. The van der Waals surface area contributed by atoms with Crippen LogP contribution in [0.2, 0.25) is 0 Å². The zero-order valence-electron chi connectivity index (χ0n) is 8.46. The highest BCUT2D eigenvalue weighted by atomic mass is 16.5. The molecule has 0 bridgehead atoms. The van der Waals surface area contributed by atoms with E-state index in [1.807, 2.05) is 6.92 Å². The maximum Gasteiger partial charge on any atom is 0.0820 e. The van der Waals surface area contributed by atoms with E-state index in [4.69, 9.17) is 10.5 Å². The number of nitrogens with two attached hydrogens (primary N) is 1. The Hall–Kier alpha value is -0.120. The average molecular weight is 187 g/mol. The second-order valence-electron chi connectivity index (χ2n) is 3.93. The lowest BCUT2D eigenvalue weighted by Gasteiger charge is -2.36. The fourth-order valence-corrected chi connectivity index (χ4v) is 1.93. The summed E-state index contributed by atoms with van der Waals surface area (Å²) in [5.41, 5.74) is 5.23. The lowest BCUT2D eigenvalue weighted by molar-refractivity contribution is -0.0435. The Kier molecular flexibility index (Phi) is 4.16. The van der Waals surface area contributed by atoms with Crippen molar-refractivity contribution < 1.29 is 9.84 Å². The second kappa shape index (κ2) is 4.94. The van der Waals surface area contributed by atoms with E-state index in [1.165, 1.54) is 6.42 Å². The molecule has 0 spiro atoms. The summed E-state index contributed by atoms with van der Waals surface area (Å²) in [6.07, 6.45) is 5.08. The molecule has 0 aromatic rings. The van der Waals surface area contributed by atoms with Gasteiger partial charge in [0.1, 0.15) is 0 Å². The molecule has 0 aromatic carbocycles. The van der Waals surface area contributed by atoms with Crippen LogP contribution in [0.5, 0.6) is 0 Å². The fraction of sp³-hybridized carbons (Fsp3) is 1.00. The summed E-state index contributed by atoms with van der Waals surface area (Å²) < 4.78 is 5.23. The van der Waals surface area contributed by atoms with E-state index >= 15 is 0 Å². The molecule has 0 aliphatic heterocycles. The van der Waals surface area contributed by atoms with Crippen LogP contribution in [0.25, 0.3) is 0 Å². The third-order valence-corrected chi connectivity index (χ3v) is 2.91. The molecule has 3 nitrogen and oxygen atoms in total. The molecule has 13 heavy (non-hydrogen) atoms. The van der Waals surface area contributed by atoms with Crippen molar-refractivity contribution in [2.24, 2.45) is 5.73 Å². The first-order valence-corrected chi connectivity index (χ1v) is 5.25. The molecule has 78 valence electrons. The Morgan fingerprint density at radius 3 is 2.54 bits per heavy atom. The minimum Gasteiger partial charge on any atom is -0.388 e. The molecule has 1 unspecified atom stereocenters. The van der Waals surface area contributed by atoms with Crippen molar-refractivity contribution in [3.63, 3.8) is 0 Å². The van der Waals surface area contributed by atoms with Gasteiger partial charge in [0, 0.05) is 6.61 Å². The van der Waals surface area contributed by atoms with Gasteiger partial charge in [0.15, 0.2) is 0 Å². The molecule has 0 heterocycles. The molecule has 1 atom stereocenters. The minimum absolute atomic E-state index is 0.215. The van der Waals surface area contributed by atoms with Gasteiger partial charge in [-0.15, -0.1) is 0 Å². The summed E-state index contributed by atoms with van der Waals surface area (Å²) in [6, 6.07) is -0.215. The third-order valence-electron chi connectivity index (χ3n) is 2.91. The SMILES string of the molecule is CCOCC(N)C1(O)CCCCC1. The van der Waals surface area contributed by atoms with E-state index in [9.17, 15) is 5.11 Å². The monoisotopic (exact) mass is 187 g/mol. The molecule has 0 amide bonds. The Balaban J connectivity index is 2.37.